The summed E-state index contributed by atoms with van der Waals surface area (Å²) >= 11 is 0.832. The van der Waals surface area contributed by atoms with Gasteiger partial charge in [0.05, 0.1) is 0 Å². The second-order valence-corrected chi connectivity index (χ2v) is 10.1. The van der Waals surface area contributed by atoms with E-state index < -0.39 is 15.4 Å². The van der Waals surface area contributed by atoms with E-state index in [0.717, 1.165) is 40.9 Å². The van der Waals surface area contributed by atoms with Crippen molar-refractivity contribution in [3.63, 3.8) is 0 Å². The highest BCUT2D eigenvalue weighted by Gasteiger charge is 2.25. The number of benzene rings is 1. The molecule has 1 amide bonds. The Bertz CT molecular complexity index is 915. The van der Waals surface area contributed by atoms with Crippen molar-refractivity contribution < 1.29 is 13.2 Å². The third-order valence-electron chi connectivity index (χ3n) is 4.05. The monoisotopic (exact) mass is 410 g/mol. The van der Waals surface area contributed by atoms with Crippen molar-refractivity contribution in [2.24, 2.45) is 5.41 Å². The summed E-state index contributed by atoms with van der Waals surface area (Å²) in [6, 6.07) is 6.12. The Morgan fingerprint density at radius 1 is 1.11 bits per heavy atom. The van der Waals surface area contributed by atoms with E-state index in [4.69, 9.17) is 0 Å². The van der Waals surface area contributed by atoms with E-state index in [1.54, 1.807) is 20.8 Å². The maximum Gasteiger partial charge on any atom is 0.270 e. The molecule has 9 heteroatoms. The van der Waals surface area contributed by atoms with Gasteiger partial charge in [0.2, 0.25) is 15.4 Å². The molecule has 0 fully saturated rings. The molecule has 0 bridgehead atoms. The van der Waals surface area contributed by atoms with Gasteiger partial charge in [0.25, 0.3) is 10.0 Å². The topological polar surface area (TPSA) is 101 Å². The predicted octanol–water partition coefficient (Wildman–Crippen LogP) is 3.13. The first-order chi connectivity index (χ1) is 12.6. The molecule has 1 aromatic carbocycles. The van der Waals surface area contributed by atoms with E-state index in [2.05, 4.69) is 33.2 Å². The van der Waals surface area contributed by atoms with Crippen LogP contribution in [0.5, 0.6) is 0 Å². The van der Waals surface area contributed by atoms with Crippen molar-refractivity contribution in [2.75, 3.05) is 5.32 Å². The molecule has 0 saturated carbocycles. The van der Waals surface area contributed by atoms with Crippen LogP contribution >= 0.6 is 11.3 Å². The molecule has 0 atom stereocenters. The predicted molar refractivity (Wildman–Crippen MR) is 107 cm³/mol. The van der Waals surface area contributed by atoms with Gasteiger partial charge in [-0.2, -0.15) is 0 Å². The van der Waals surface area contributed by atoms with Crippen LogP contribution in [0.2, 0.25) is 0 Å². The van der Waals surface area contributed by atoms with Gasteiger partial charge in [0.15, 0.2) is 0 Å². The summed E-state index contributed by atoms with van der Waals surface area (Å²) in [5, 5.41) is 10.2. The lowest BCUT2D eigenvalue weighted by Crippen LogP contribution is -2.27. The molecule has 0 radical (unpaired) electrons. The first-order valence-electron chi connectivity index (χ1n) is 8.82. The Morgan fingerprint density at radius 2 is 1.81 bits per heavy atom. The summed E-state index contributed by atoms with van der Waals surface area (Å²) < 4.78 is 27.5. The highest BCUT2D eigenvalue weighted by molar-refractivity contribution is 7.91. The molecule has 0 aliphatic heterocycles. The van der Waals surface area contributed by atoms with Crippen LogP contribution < -0.4 is 10.0 Å². The van der Waals surface area contributed by atoms with Gasteiger partial charge < -0.3 is 5.32 Å². The molecule has 2 aromatic rings. The zero-order chi connectivity index (χ0) is 20.2. The van der Waals surface area contributed by atoms with Crippen LogP contribution in [0.1, 0.15) is 51.3 Å². The average Bonchev–Trinajstić information content (AvgIpc) is 3.08. The Balaban J connectivity index is 2.13. The summed E-state index contributed by atoms with van der Waals surface area (Å²) in [7, 11) is -3.81. The van der Waals surface area contributed by atoms with Crippen molar-refractivity contribution in [3.8, 4) is 0 Å². The van der Waals surface area contributed by atoms with Gasteiger partial charge in [0.1, 0.15) is 0 Å². The number of aromatic nitrogens is 2. The maximum atomic E-state index is 12.5. The number of nitrogens with zero attached hydrogens (tertiary/aromatic N) is 2. The van der Waals surface area contributed by atoms with Crippen LogP contribution in [0.4, 0.5) is 5.13 Å². The van der Waals surface area contributed by atoms with Gasteiger partial charge in [-0.1, -0.05) is 64.2 Å². The summed E-state index contributed by atoms with van der Waals surface area (Å²) in [6.45, 7) is 9.56. The molecule has 0 saturated heterocycles. The molecule has 7 nitrogen and oxygen atoms in total. The van der Waals surface area contributed by atoms with E-state index in [1.165, 1.54) is 0 Å². The zero-order valence-electron chi connectivity index (χ0n) is 16.3. The van der Waals surface area contributed by atoms with Crippen LogP contribution in [0.15, 0.2) is 22.5 Å². The molecule has 1 aromatic heterocycles. The lowest BCUT2D eigenvalue weighted by atomic mass is 9.96. The molecule has 1 heterocycles. The largest absolute Gasteiger partial charge is 0.300 e. The number of sulfonamides is 1. The van der Waals surface area contributed by atoms with E-state index in [9.17, 15) is 13.2 Å². The maximum absolute atomic E-state index is 12.5. The minimum Gasteiger partial charge on any atom is -0.300 e. The van der Waals surface area contributed by atoms with Crippen LogP contribution in [0, 0.1) is 5.41 Å². The number of anilines is 1. The minimum atomic E-state index is -3.81. The molecule has 0 unspecified atom stereocenters. The Labute approximate surface area is 164 Å². The molecule has 2 N–H and O–H groups in total. The summed E-state index contributed by atoms with van der Waals surface area (Å²) in [5.41, 5.74) is 2.60. The summed E-state index contributed by atoms with van der Waals surface area (Å²) in [4.78, 5) is 12.0. The normalized spacial score (nSPS) is 12.2. The SMILES string of the molecule is CCc1ccc(CC)c(CNS(=O)(=O)c2nnc(NC(=O)C(C)(C)C)s2)c1. The van der Waals surface area contributed by atoms with Gasteiger partial charge in [-0.25, -0.2) is 13.1 Å². The van der Waals surface area contributed by atoms with E-state index in [1.807, 2.05) is 19.1 Å². The highest BCUT2D eigenvalue weighted by atomic mass is 32.2. The zero-order valence-corrected chi connectivity index (χ0v) is 17.9. The van der Waals surface area contributed by atoms with Crippen LogP contribution in [-0.4, -0.2) is 24.5 Å². The first-order valence-corrected chi connectivity index (χ1v) is 11.1. The van der Waals surface area contributed by atoms with E-state index in [0.29, 0.717) is 0 Å². The fourth-order valence-electron chi connectivity index (χ4n) is 2.30. The fourth-order valence-corrected chi connectivity index (χ4v) is 4.24. The van der Waals surface area contributed by atoms with Gasteiger partial charge >= 0.3 is 0 Å². The van der Waals surface area contributed by atoms with E-state index in [-0.39, 0.29) is 21.9 Å². The number of aryl methyl sites for hydroxylation is 2. The number of carbonyl (C=O) groups is 1. The average molecular weight is 411 g/mol. The highest BCUT2D eigenvalue weighted by Crippen LogP contribution is 2.23. The van der Waals surface area contributed by atoms with Crippen LogP contribution in [-0.2, 0) is 34.2 Å². The van der Waals surface area contributed by atoms with Crippen molar-refractivity contribution in [1.29, 1.82) is 0 Å². The van der Waals surface area contributed by atoms with Gasteiger partial charge in [-0.05, 0) is 29.5 Å². The standard InChI is InChI=1S/C18H26N4O3S2/c1-6-12-8-9-13(7-2)14(10-12)11-19-27(24,25)17-22-21-16(26-17)20-15(23)18(3,4)5/h8-10,19H,6-7,11H2,1-5H3,(H,20,21,23). The van der Waals surface area contributed by atoms with Crippen LogP contribution in [0.25, 0.3) is 0 Å². The van der Waals surface area contributed by atoms with Crippen molar-refractivity contribution in [1.82, 2.24) is 14.9 Å². The van der Waals surface area contributed by atoms with Crippen molar-refractivity contribution in [3.05, 3.63) is 34.9 Å². The lowest BCUT2D eigenvalue weighted by molar-refractivity contribution is -0.123. The number of carbonyl (C=O) groups excluding carboxylic acids is 1. The third-order valence-corrected chi connectivity index (χ3v) is 6.66. The molecule has 0 aliphatic rings. The number of hydrogen-bond donors (Lipinski definition) is 2. The summed E-state index contributed by atoms with van der Waals surface area (Å²) in [5.74, 6) is -0.250. The van der Waals surface area contributed by atoms with Crippen molar-refractivity contribution >= 4 is 32.4 Å². The second-order valence-electron chi connectivity index (χ2n) is 7.21. The van der Waals surface area contributed by atoms with Crippen LogP contribution in [0.3, 0.4) is 0 Å². The number of amides is 1. The van der Waals surface area contributed by atoms with Crippen molar-refractivity contribution in [2.45, 2.75) is 58.3 Å². The Hall–Kier alpha value is -1.84. The first kappa shape index (κ1) is 21.5. The molecule has 148 valence electrons. The third kappa shape index (κ3) is 5.57. The molecular formula is C18H26N4O3S2. The number of rotatable bonds is 7. The number of hydrogen-bond acceptors (Lipinski definition) is 6. The van der Waals surface area contributed by atoms with Gasteiger partial charge in [0, 0.05) is 12.0 Å². The quantitative estimate of drug-likeness (QED) is 0.683. The fraction of sp³-hybridized carbons (Fsp3) is 0.500. The summed E-state index contributed by atoms with van der Waals surface area (Å²) in [6.07, 6.45) is 1.71. The number of nitrogens with one attached hydrogen (secondary N) is 2. The Kier molecular flexibility index (Phi) is 6.72. The molecular weight excluding hydrogens is 384 g/mol. The van der Waals surface area contributed by atoms with Gasteiger partial charge in [-0.3, -0.25) is 4.79 Å². The molecule has 27 heavy (non-hydrogen) atoms. The molecule has 2 rings (SSSR count). The minimum absolute atomic E-state index is 0.164. The smallest absolute Gasteiger partial charge is 0.270 e. The molecule has 0 aliphatic carbocycles. The van der Waals surface area contributed by atoms with E-state index >= 15 is 0 Å². The molecule has 0 spiro atoms. The second kappa shape index (κ2) is 8.45. The Morgan fingerprint density at radius 3 is 2.41 bits per heavy atom. The lowest BCUT2D eigenvalue weighted by Gasteiger charge is -2.15. The van der Waals surface area contributed by atoms with Gasteiger partial charge in [-0.15, -0.1) is 10.2 Å².